The van der Waals surface area contributed by atoms with E-state index in [1.807, 2.05) is 6.92 Å². The number of hydrogen-bond donors (Lipinski definition) is 1. The van der Waals surface area contributed by atoms with Crippen LogP contribution < -0.4 is 5.32 Å². The summed E-state index contributed by atoms with van der Waals surface area (Å²) in [4.78, 5) is 4.07. The molecule has 1 aromatic carbocycles. The summed E-state index contributed by atoms with van der Waals surface area (Å²) in [5.41, 5.74) is -1.04. The van der Waals surface area contributed by atoms with E-state index < -0.39 is 11.9 Å². The minimum atomic E-state index is -4.67. The lowest BCUT2D eigenvalue weighted by atomic mass is 10.2. The van der Waals surface area contributed by atoms with Gasteiger partial charge in [0.15, 0.2) is 11.5 Å². The summed E-state index contributed by atoms with van der Waals surface area (Å²) in [6.45, 7) is 1.90. The zero-order chi connectivity index (χ0) is 18.9. The highest BCUT2D eigenvalue weighted by Gasteiger charge is 2.40. The third-order valence-electron chi connectivity index (χ3n) is 3.79. The van der Waals surface area contributed by atoms with Gasteiger partial charge in [0.2, 0.25) is 0 Å². The van der Waals surface area contributed by atoms with Gasteiger partial charge in [0.1, 0.15) is 0 Å². The van der Waals surface area contributed by atoms with E-state index >= 15 is 0 Å². The Morgan fingerprint density at radius 1 is 1.26 bits per heavy atom. The fourth-order valence-electron chi connectivity index (χ4n) is 2.38. The molecule has 6 nitrogen and oxygen atoms in total. The molecule has 1 unspecified atom stereocenters. The maximum Gasteiger partial charge on any atom is 0.434 e. The summed E-state index contributed by atoms with van der Waals surface area (Å²) in [6, 6.07) is 5.93. The molecule has 3 aromatic rings. The van der Waals surface area contributed by atoms with Crippen LogP contribution in [0.15, 0.2) is 35.0 Å². The molecule has 0 spiro atoms. The summed E-state index contributed by atoms with van der Waals surface area (Å²) in [7, 11) is 1.77. The lowest BCUT2D eigenvalue weighted by Crippen LogP contribution is -2.24. The van der Waals surface area contributed by atoms with Crippen LogP contribution in [0.1, 0.15) is 18.4 Å². The van der Waals surface area contributed by atoms with Gasteiger partial charge >= 0.3 is 6.18 Å². The lowest BCUT2D eigenvalue weighted by molar-refractivity contribution is -0.142. The van der Waals surface area contributed by atoms with Crippen molar-refractivity contribution in [3.63, 3.8) is 0 Å². The van der Waals surface area contributed by atoms with Gasteiger partial charge in [-0.05, 0) is 38.2 Å². The Morgan fingerprint density at radius 2 is 1.93 bits per heavy atom. The summed E-state index contributed by atoms with van der Waals surface area (Å²) >= 11 is 5.80. The van der Waals surface area contributed by atoms with Gasteiger partial charge < -0.3 is 9.84 Å². The molecule has 3 rings (SSSR count). The van der Waals surface area contributed by atoms with E-state index in [0.717, 1.165) is 10.9 Å². The third kappa shape index (κ3) is 4.60. The highest BCUT2D eigenvalue weighted by molar-refractivity contribution is 6.30. The predicted octanol–water partition coefficient (Wildman–Crippen LogP) is 4.17. The zero-order valence-corrected chi connectivity index (χ0v) is 15.9. The summed E-state index contributed by atoms with van der Waals surface area (Å²) < 4.78 is 46.9. The van der Waals surface area contributed by atoms with Crippen molar-refractivity contribution in [2.75, 3.05) is 7.05 Å². The van der Waals surface area contributed by atoms with Gasteiger partial charge in [-0.2, -0.15) is 23.3 Å². The van der Waals surface area contributed by atoms with E-state index in [1.165, 1.54) is 24.3 Å². The molecule has 0 saturated carbocycles. The topological polar surface area (TPSA) is 68.8 Å². The molecule has 1 atom stereocenters. The van der Waals surface area contributed by atoms with E-state index in [2.05, 4.69) is 20.6 Å². The van der Waals surface area contributed by atoms with Gasteiger partial charge in [0.05, 0.1) is 17.4 Å². The SMILES string of the molecule is CNC(C)Cc1noc(-c2cnn(-c3ccc(Cl)cc3)c2C(F)(F)F)n1.Cl. The highest BCUT2D eigenvalue weighted by atomic mass is 35.5. The molecule has 2 aromatic heterocycles. The van der Waals surface area contributed by atoms with Crippen LogP contribution in [0.25, 0.3) is 17.1 Å². The lowest BCUT2D eigenvalue weighted by Gasteiger charge is -2.11. The molecule has 0 radical (unpaired) electrons. The van der Waals surface area contributed by atoms with Crippen LogP contribution in [0, 0.1) is 0 Å². The Bertz CT molecular complexity index is 892. The molecule has 146 valence electrons. The second kappa shape index (κ2) is 8.28. The summed E-state index contributed by atoms with van der Waals surface area (Å²) in [6.07, 6.45) is -3.18. The van der Waals surface area contributed by atoms with E-state index in [-0.39, 0.29) is 35.6 Å². The number of rotatable bonds is 5. The quantitative estimate of drug-likeness (QED) is 0.669. The van der Waals surface area contributed by atoms with Crippen LogP contribution in [0.3, 0.4) is 0 Å². The number of nitrogens with zero attached hydrogens (tertiary/aromatic N) is 4. The minimum Gasteiger partial charge on any atom is -0.334 e. The van der Waals surface area contributed by atoms with Gasteiger partial charge in [-0.3, -0.25) is 0 Å². The van der Waals surface area contributed by atoms with Crippen LogP contribution in [0.4, 0.5) is 13.2 Å². The van der Waals surface area contributed by atoms with E-state index in [0.29, 0.717) is 17.3 Å². The fraction of sp³-hybridized carbons (Fsp3) is 0.312. The largest absolute Gasteiger partial charge is 0.434 e. The maximum atomic E-state index is 13.7. The number of benzene rings is 1. The molecule has 0 fully saturated rings. The number of aromatic nitrogens is 4. The number of nitrogens with one attached hydrogen (secondary N) is 1. The highest BCUT2D eigenvalue weighted by Crippen LogP contribution is 2.38. The van der Waals surface area contributed by atoms with Crippen molar-refractivity contribution in [2.24, 2.45) is 0 Å². The molecule has 0 aliphatic heterocycles. The molecule has 0 bridgehead atoms. The van der Waals surface area contributed by atoms with Crippen molar-refractivity contribution >= 4 is 24.0 Å². The first kappa shape index (κ1) is 21.2. The van der Waals surface area contributed by atoms with Crippen molar-refractivity contribution in [2.45, 2.75) is 25.6 Å². The van der Waals surface area contributed by atoms with E-state index in [9.17, 15) is 13.2 Å². The molecule has 0 saturated heterocycles. The first-order valence-corrected chi connectivity index (χ1v) is 8.08. The molecular weight excluding hydrogens is 406 g/mol. The monoisotopic (exact) mass is 421 g/mol. The molecular formula is C16H16Cl2F3N5O. The third-order valence-corrected chi connectivity index (χ3v) is 4.04. The van der Waals surface area contributed by atoms with Crippen molar-refractivity contribution in [3.8, 4) is 17.1 Å². The summed E-state index contributed by atoms with van der Waals surface area (Å²) in [5.74, 6) is 0.0880. The minimum absolute atomic E-state index is 0. The van der Waals surface area contributed by atoms with Gasteiger partial charge in [0.25, 0.3) is 5.89 Å². The summed E-state index contributed by atoms with van der Waals surface area (Å²) in [5, 5.41) is 11.0. The Balaban J connectivity index is 0.00000261. The first-order chi connectivity index (χ1) is 12.3. The smallest absolute Gasteiger partial charge is 0.334 e. The first-order valence-electron chi connectivity index (χ1n) is 7.71. The Hall–Kier alpha value is -2.10. The van der Waals surface area contributed by atoms with Gasteiger partial charge in [-0.1, -0.05) is 16.8 Å². The van der Waals surface area contributed by atoms with Crippen molar-refractivity contribution in [3.05, 3.63) is 47.0 Å². The fourth-order valence-corrected chi connectivity index (χ4v) is 2.50. The molecule has 1 N–H and O–H groups in total. The average Bonchev–Trinajstić information content (AvgIpc) is 3.21. The molecule has 0 aliphatic rings. The van der Waals surface area contributed by atoms with E-state index in [4.69, 9.17) is 16.1 Å². The second-order valence-corrected chi connectivity index (χ2v) is 6.14. The second-order valence-electron chi connectivity index (χ2n) is 5.70. The Labute approximate surface area is 164 Å². The van der Waals surface area contributed by atoms with Gasteiger partial charge in [0, 0.05) is 17.5 Å². The Kier molecular flexibility index (Phi) is 6.50. The van der Waals surface area contributed by atoms with Gasteiger partial charge in [-0.15, -0.1) is 12.4 Å². The maximum absolute atomic E-state index is 13.7. The van der Waals surface area contributed by atoms with Crippen LogP contribution in [-0.2, 0) is 12.6 Å². The average molecular weight is 422 g/mol. The predicted molar refractivity (Wildman–Crippen MR) is 96.3 cm³/mol. The number of hydrogen-bond acceptors (Lipinski definition) is 5. The Morgan fingerprint density at radius 3 is 2.52 bits per heavy atom. The van der Waals surface area contributed by atoms with Crippen molar-refractivity contribution < 1.29 is 17.7 Å². The molecule has 0 aliphatic carbocycles. The van der Waals surface area contributed by atoms with Crippen LogP contribution in [0.5, 0.6) is 0 Å². The zero-order valence-electron chi connectivity index (χ0n) is 14.3. The van der Waals surface area contributed by atoms with Crippen LogP contribution in [-0.4, -0.2) is 33.0 Å². The number of halogens is 5. The molecule has 11 heteroatoms. The van der Waals surface area contributed by atoms with Crippen molar-refractivity contribution in [1.82, 2.24) is 25.2 Å². The van der Waals surface area contributed by atoms with Crippen molar-refractivity contribution in [1.29, 1.82) is 0 Å². The van der Waals surface area contributed by atoms with Crippen LogP contribution in [0.2, 0.25) is 5.02 Å². The van der Waals surface area contributed by atoms with E-state index in [1.54, 1.807) is 7.05 Å². The standard InChI is InChI=1S/C16H15ClF3N5O.ClH/c1-9(21-2)7-13-23-15(26-24-13)12-8-22-25(14(12)16(18,19)20)11-5-3-10(17)4-6-11;/h3-6,8-9,21H,7H2,1-2H3;1H. The molecule has 0 amide bonds. The molecule has 27 heavy (non-hydrogen) atoms. The molecule has 2 heterocycles. The normalized spacial score (nSPS) is 12.7. The van der Waals surface area contributed by atoms with Crippen LogP contribution >= 0.6 is 24.0 Å². The number of alkyl halides is 3. The van der Waals surface area contributed by atoms with Gasteiger partial charge in [-0.25, -0.2) is 4.68 Å². The number of likely N-dealkylation sites (N-methyl/N-ethyl adjacent to an activating group) is 1.